The largest absolute Gasteiger partial charge is 0.378 e. The molecular formula is C16H23N. The summed E-state index contributed by atoms with van der Waals surface area (Å²) in [5.41, 5.74) is 3.73. The Hall–Kier alpha value is -1.50. The van der Waals surface area contributed by atoms with Crippen molar-refractivity contribution in [2.24, 2.45) is 0 Å². The zero-order valence-corrected chi connectivity index (χ0v) is 11.2. The van der Waals surface area contributed by atoms with Crippen LogP contribution in [0.25, 0.3) is 0 Å². The molecule has 0 aromatic heterocycles. The van der Waals surface area contributed by atoms with Crippen molar-refractivity contribution in [3.05, 3.63) is 54.1 Å². The lowest BCUT2D eigenvalue weighted by atomic mass is 10.1. The van der Waals surface area contributed by atoms with E-state index in [0.717, 1.165) is 12.8 Å². The van der Waals surface area contributed by atoms with E-state index in [1.165, 1.54) is 23.2 Å². The molecule has 0 aliphatic carbocycles. The fourth-order valence-corrected chi connectivity index (χ4v) is 1.65. The van der Waals surface area contributed by atoms with Crippen LogP contribution in [0, 0.1) is 0 Å². The van der Waals surface area contributed by atoms with Gasteiger partial charge in [0.25, 0.3) is 0 Å². The van der Waals surface area contributed by atoms with Gasteiger partial charge in [-0.2, -0.15) is 0 Å². The first-order valence-electron chi connectivity index (χ1n) is 6.24. The zero-order valence-electron chi connectivity index (χ0n) is 11.2. The Balaban J connectivity index is 2.54. The Labute approximate surface area is 105 Å². The Morgan fingerprint density at radius 3 is 2.41 bits per heavy atom. The number of benzene rings is 1. The molecule has 1 heteroatoms. The van der Waals surface area contributed by atoms with Crippen molar-refractivity contribution in [3.63, 3.8) is 0 Å². The normalized spacial score (nSPS) is 10.8. The predicted octanol–water partition coefficient (Wildman–Crippen LogP) is 4.21. The lowest BCUT2D eigenvalue weighted by Crippen LogP contribution is -2.08. The van der Waals surface area contributed by atoms with Crippen molar-refractivity contribution in [2.75, 3.05) is 19.0 Å². The van der Waals surface area contributed by atoms with Crippen LogP contribution in [0.4, 0.5) is 5.69 Å². The van der Waals surface area contributed by atoms with Crippen LogP contribution in [0.15, 0.2) is 48.6 Å². The monoisotopic (exact) mass is 229 g/mol. The Bertz CT molecular complexity index is 371. The van der Waals surface area contributed by atoms with Gasteiger partial charge in [0.1, 0.15) is 0 Å². The van der Waals surface area contributed by atoms with Gasteiger partial charge < -0.3 is 4.90 Å². The van der Waals surface area contributed by atoms with Crippen molar-refractivity contribution >= 4 is 5.69 Å². The first-order valence-corrected chi connectivity index (χ1v) is 6.24. The lowest BCUT2D eigenvalue weighted by Gasteiger charge is -2.12. The molecule has 1 nitrogen and oxygen atoms in total. The summed E-state index contributed by atoms with van der Waals surface area (Å²) in [6, 6.07) is 8.65. The first-order chi connectivity index (χ1) is 8.13. The Kier molecular flexibility index (Phi) is 5.55. The summed E-state index contributed by atoms with van der Waals surface area (Å²) < 4.78 is 0. The topological polar surface area (TPSA) is 3.24 Å². The van der Waals surface area contributed by atoms with Crippen LogP contribution in [-0.4, -0.2) is 14.1 Å². The molecule has 17 heavy (non-hydrogen) atoms. The molecule has 0 bridgehead atoms. The molecule has 0 heterocycles. The standard InChI is InChI=1S/C16H23N/c1-5-6-7-8-14(2)13-15-9-11-16(12-10-15)17(3)4/h7-12H,2,5-6,13H2,1,3-4H3/b8-7-. The molecule has 0 unspecified atom stereocenters. The van der Waals surface area contributed by atoms with Crippen LogP contribution in [-0.2, 0) is 6.42 Å². The maximum absolute atomic E-state index is 4.08. The maximum atomic E-state index is 4.08. The minimum atomic E-state index is 0.938. The van der Waals surface area contributed by atoms with Gasteiger partial charge in [0.05, 0.1) is 0 Å². The highest BCUT2D eigenvalue weighted by atomic mass is 15.1. The summed E-state index contributed by atoms with van der Waals surface area (Å²) in [7, 11) is 4.11. The molecule has 0 aliphatic heterocycles. The van der Waals surface area contributed by atoms with E-state index in [1.54, 1.807) is 0 Å². The van der Waals surface area contributed by atoms with Crippen LogP contribution in [0.3, 0.4) is 0 Å². The quantitative estimate of drug-likeness (QED) is 0.661. The van der Waals surface area contributed by atoms with Crippen LogP contribution >= 0.6 is 0 Å². The van der Waals surface area contributed by atoms with Crippen molar-refractivity contribution in [2.45, 2.75) is 26.2 Å². The molecule has 0 N–H and O–H groups in total. The Morgan fingerprint density at radius 2 is 1.88 bits per heavy atom. The number of allylic oxidation sites excluding steroid dienone is 3. The number of rotatable bonds is 6. The van der Waals surface area contributed by atoms with Gasteiger partial charge >= 0.3 is 0 Å². The second-order valence-electron chi connectivity index (χ2n) is 4.59. The number of nitrogens with zero attached hydrogens (tertiary/aromatic N) is 1. The molecule has 1 aromatic rings. The van der Waals surface area contributed by atoms with Gasteiger partial charge in [-0.15, -0.1) is 0 Å². The van der Waals surface area contributed by atoms with E-state index in [9.17, 15) is 0 Å². The number of unbranched alkanes of at least 4 members (excludes halogenated alkanes) is 1. The van der Waals surface area contributed by atoms with Crippen molar-refractivity contribution in [1.29, 1.82) is 0 Å². The van der Waals surface area contributed by atoms with E-state index in [2.05, 4.69) is 68.9 Å². The Morgan fingerprint density at radius 1 is 1.24 bits per heavy atom. The highest BCUT2D eigenvalue weighted by Gasteiger charge is 1.97. The maximum Gasteiger partial charge on any atom is 0.0361 e. The SMILES string of the molecule is C=C(/C=C\CCC)Cc1ccc(N(C)C)cc1. The summed E-state index contributed by atoms with van der Waals surface area (Å²) in [5, 5.41) is 0. The zero-order chi connectivity index (χ0) is 12.7. The molecule has 0 atom stereocenters. The molecule has 1 rings (SSSR count). The molecule has 0 amide bonds. The highest BCUT2D eigenvalue weighted by molar-refractivity contribution is 5.46. The van der Waals surface area contributed by atoms with Gasteiger partial charge in [-0.25, -0.2) is 0 Å². The summed E-state index contributed by atoms with van der Waals surface area (Å²) in [6.45, 7) is 6.27. The van der Waals surface area contributed by atoms with Gasteiger partial charge in [-0.1, -0.05) is 49.8 Å². The molecule has 0 radical (unpaired) electrons. The molecule has 0 aliphatic rings. The lowest BCUT2D eigenvalue weighted by molar-refractivity contribution is 0.956. The van der Waals surface area contributed by atoms with E-state index in [1.807, 2.05) is 0 Å². The molecule has 0 spiro atoms. The third kappa shape index (κ3) is 4.90. The van der Waals surface area contributed by atoms with E-state index in [4.69, 9.17) is 0 Å². The van der Waals surface area contributed by atoms with E-state index < -0.39 is 0 Å². The third-order valence-electron chi connectivity index (χ3n) is 2.69. The summed E-state index contributed by atoms with van der Waals surface area (Å²) >= 11 is 0. The number of anilines is 1. The molecular weight excluding hydrogens is 206 g/mol. The van der Waals surface area contributed by atoms with E-state index >= 15 is 0 Å². The van der Waals surface area contributed by atoms with Crippen molar-refractivity contribution in [1.82, 2.24) is 0 Å². The second kappa shape index (κ2) is 6.95. The van der Waals surface area contributed by atoms with Gasteiger partial charge in [-0.05, 0) is 30.5 Å². The minimum absolute atomic E-state index is 0.938. The van der Waals surface area contributed by atoms with Crippen molar-refractivity contribution in [3.8, 4) is 0 Å². The molecule has 1 aromatic carbocycles. The van der Waals surface area contributed by atoms with E-state index in [-0.39, 0.29) is 0 Å². The van der Waals surface area contributed by atoms with Crippen LogP contribution in [0.2, 0.25) is 0 Å². The average Bonchev–Trinajstić information content (AvgIpc) is 2.30. The summed E-state index contributed by atoms with van der Waals surface area (Å²) in [5.74, 6) is 0. The molecule has 0 fully saturated rings. The predicted molar refractivity (Wildman–Crippen MR) is 77.7 cm³/mol. The fourth-order valence-electron chi connectivity index (χ4n) is 1.65. The molecule has 92 valence electrons. The van der Waals surface area contributed by atoms with Gasteiger partial charge in [0, 0.05) is 19.8 Å². The second-order valence-corrected chi connectivity index (χ2v) is 4.59. The van der Waals surface area contributed by atoms with Crippen LogP contribution in [0.5, 0.6) is 0 Å². The highest BCUT2D eigenvalue weighted by Crippen LogP contribution is 2.15. The third-order valence-corrected chi connectivity index (χ3v) is 2.69. The summed E-state index contributed by atoms with van der Waals surface area (Å²) in [4.78, 5) is 2.11. The van der Waals surface area contributed by atoms with Gasteiger partial charge in [0.2, 0.25) is 0 Å². The van der Waals surface area contributed by atoms with Crippen LogP contribution < -0.4 is 4.90 Å². The summed E-state index contributed by atoms with van der Waals surface area (Å²) in [6.07, 6.45) is 7.62. The van der Waals surface area contributed by atoms with Gasteiger partial charge in [0.15, 0.2) is 0 Å². The van der Waals surface area contributed by atoms with E-state index in [0.29, 0.717) is 0 Å². The number of hydrogen-bond donors (Lipinski definition) is 0. The average molecular weight is 229 g/mol. The number of hydrogen-bond acceptors (Lipinski definition) is 1. The minimum Gasteiger partial charge on any atom is -0.378 e. The molecule has 0 saturated heterocycles. The van der Waals surface area contributed by atoms with Crippen LogP contribution in [0.1, 0.15) is 25.3 Å². The smallest absolute Gasteiger partial charge is 0.0361 e. The fraction of sp³-hybridized carbons (Fsp3) is 0.375. The first kappa shape index (κ1) is 13.6. The van der Waals surface area contributed by atoms with Gasteiger partial charge in [-0.3, -0.25) is 0 Å². The molecule has 0 saturated carbocycles. The van der Waals surface area contributed by atoms with Crippen molar-refractivity contribution < 1.29 is 0 Å².